The third kappa shape index (κ3) is 2.35. The van der Waals surface area contributed by atoms with E-state index in [1.165, 1.54) is 0 Å². The molecule has 0 amide bonds. The summed E-state index contributed by atoms with van der Waals surface area (Å²) in [7, 11) is 0. The predicted octanol–water partition coefficient (Wildman–Crippen LogP) is 2.88. The van der Waals surface area contributed by atoms with Crippen LogP contribution in [0, 0.1) is 17.0 Å². The maximum Gasteiger partial charge on any atom is 0.190 e. The largest absolute Gasteiger partial charge is 0.487 e. The molecule has 1 aromatic rings. The number of hydrogen-bond donors (Lipinski definition) is 1. The fraction of sp³-hybridized carbons (Fsp3) is 0.455. The molecule has 0 radical (unpaired) electrons. The van der Waals surface area contributed by atoms with Crippen molar-refractivity contribution in [3.63, 3.8) is 0 Å². The summed E-state index contributed by atoms with van der Waals surface area (Å²) in [6.07, 6.45) is 1.67. The van der Waals surface area contributed by atoms with Crippen LogP contribution in [0.25, 0.3) is 0 Å². The summed E-state index contributed by atoms with van der Waals surface area (Å²) in [5, 5.41) is 9.04. The van der Waals surface area contributed by atoms with Gasteiger partial charge in [-0.25, -0.2) is 8.78 Å². The summed E-state index contributed by atoms with van der Waals surface area (Å²) < 4.78 is 32.1. The van der Waals surface area contributed by atoms with Crippen molar-refractivity contribution >= 4 is 15.9 Å². The SMILES string of the molecule is OCC1(COc2c(F)cc(Br)cc2F)CC1. The zero-order valence-electron chi connectivity index (χ0n) is 8.47. The van der Waals surface area contributed by atoms with Crippen molar-refractivity contribution in [3.8, 4) is 5.75 Å². The highest BCUT2D eigenvalue weighted by atomic mass is 79.9. The maximum absolute atomic E-state index is 13.4. The molecule has 2 rings (SSSR count). The Morgan fingerprint density at radius 1 is 1.31 bits per heavy atom. The average Bonchev–Trinajstić information content (AvgIpc) is 2.97. The number of aliphatic hydroxyl groups is 1. The molecule has 0 bridgehead atoms. The van der Waals surface area contributed by atoms with E-state index < -0.39 is 11.6 Å². The van der Waals surface area contributed by atoms with Crippen LogP contribution in [-0.2, 0) is 0 Å². The monoisotopic (exact) mass is 292 g/mol. The normalized spacial score (nSPS) is 17.2. The van der Waals surface area contributed by atoms with E-state index in [-0.39, 0.29) is 24.4 Å². The van der Waals surface area contributed by atoms with Crippen molar-refractivity contribution in [2.75, 3.05) is 13.2 Å². The molecule has 0 aliphatic heterocycles. The van der Waals surface area contributed by atoms with Crippen molar-refractivity contribution < 1.29 is 18.6 Å². The molecule has 16 heavy (non-hydrogen) atoms. The molecular formula is C11H11BrF2O2. The van der Waals surface area contributed by atoms with E-state index >= 15 is 0 Å². The molecule has 0 unspecified atom stereocenters. The van der Waals surface area contributed by atoms with E-state index in [1.54, 1.807) is 0 Å². The van der Waals surface area contributed by atoms with E-state index in [0.29, 0.717) is 4.47 Å². The number of hydrogen-bond acceptors (Lipinski definition) is 2. The highest BCUT2D eigenvalue weighted by molar-refractivity contribution is 9.10. The lowest BCUT2D eigenvalue weighted by Crippen LogP contribution is -2.18. The summed E-state index contributed by atoms with van der Waals surface area (Å²) >= 11 is 2.99. The van der Waals surface area contributed by atoms with Crippen LogP contribution in [0.1, 0.15) is 12.8 Å². The summed E-state index contributed by atoms with van der Waals surface area (Å²) in [5.41, 5.74) is -0.286. The Morgan fingerprint density at radius 2 is 1.88 bits per heavy atom. The Bertz CT molecular complexity index is 382. The molecule has 0 saturated heterocycles. The summed E-state index contributed by atoms with van der Waals surface area (Å²) in [4.78, 5) is 0. The summed E-state index contributed by atoms with van der Waals surface area (Å²) in [6.45, 7) is 0.145. The van der Waals surface area contributed by atoms with Crippen LogP contribution in [0.4, 0.5) is 8.78 Å². The van der Waals surface area contributed by atoms with E-state index in [2.05, 4.69) is 15.9 Å². The Kier molecular flexibility index (Phi) is 3.17. The Morgan fingerprint density at radius 3 is 2.31 bits per heavy atom. The number of benzene rings is 1. The molecule has 0 heterocycles. The number of rotatable bonds is 4. The van der Waals surface area contributed by atoms with E-state index in [4.69, 9.17) is 9.84 Å². The van der Waals surface area contributed by atoms with Gasteiger partial charge < -0.3 is 9.84 Å². The lowest BCUT2D eigenvalue weighted by atomic mass is 10.1. The van der Waals surface area contributed by atoms with Crippen molar-refractivity contribution in [2.45, 2.75) is 12.8 Å². The molecule has 1 aliphatic carbocycles. The summed E-state index contributed by atoms with van der Waals surface area (Å²) in [6, 6.07) is 2.30. The second kappa shape index (κ2) is 4.30. The van der Waals surface area contributed by atoms with Gasteiger partial charge in [0.2, 0.25) is 0 Å². The zero-order valence-corrected chi connectivity index (χ0v) is 10.1. The predicted molar refractivity (Wildman–Crippen MR) is 58.3 cm³/mol. The van der Waals surface area contributed by atoms with Gasteiger partial charge in [0, 0.05) is 9.89 Å². The van der Waals surface area contributed by atoms with Crippen molar-refractivity contribution in [1.29, 1.82) is 0 Å². The first-order chi connectivity index (χ1) is 7.56. The average molecular weight is 293 g/mol. The molecule has 0 atom stereocenters. The minimum atomic E-state index is -0.736. The minimum absolute atomic E-state index is 0.00718. The molecule has 1 aromatic carbocycles. The van der Waals surface area contributed by atoms with Gasteiger partial charge in [-0.1, -0.05) is 15.9 Å². The van der Waals surface area contributed by atoms with Crippen LogP contribution in [0.2, 0.25) is 0 Å². The minimum Gasteiger partial charge on any atom is -0.487 e. The van der Waals surface area contributed by atoms with Gasteiger partial charge in [-0.3, -0.25) is 0 Å². The highest BCUT2D eigenvalue weighted by Gasteiger charge is 2.43. The highest BCUT2D eigenvalue weighted by Crippen LogP contribution is 2.45. The number of aliphatic hydroxyl groups excluding tert-OH is 1. The molecular weight excluding hydrogens is 282 g/mol. The van der Waals surface area contributed by atoms with Crippen LogP contribution >= 0.6 is 15.9 Å². The molecule has 1 N–H and O–H groups in total. The Balaban J connectivity index is 2.09. The third-order valence-electron chi connectivity index (χ3n) is 2.78. The van der Waals surface area contributed by atoms with Gasteiger partial charge in [0.15, 0.2) is 17.4 Å². The molecule has 88 valence electrons. The molecule has 2 nitrogen and oxygen atoms in total. The second-order valence-electron chi connectivity index (χ2n) is 4.15. The third-order valence-corrected chi connectivity index (χ3v) is 3.24. The lowest BCUT2D eigenvalue weighted by molar-refractivity contribution is 0.140. The van der Waals surface area contributed by atoms with Gasteiger partial charge in [0.1, 0.15) is 0 Å². The number of ether oxygens (including phenoxy) is 1. The van der Waals surface area contributed by atoms with Gasteiger partial charge in [-0.05, 0) is 25.0 Å². The second-order valence-corrected chi connectivity index (χ2v) is 5.06. The quantitative estimate of drug-likeness (QED) is 0.925. The molecule has 1 aliphatic rings. The lowest BCUT2D eigenvalue weighted by Gasteiger charge is -2.14. The maximum atomic E-state index is 13.4. The van der Waals surface area contributed by atoms with Gasteiger partial charge in [-0.2, -0.15) is 0 Å². The molecule has 5 heteroatoms. The van der Waals surface area contributed by atoms with Crippen molar-refractivity contribution in [2.24, 2.45) is 5.41 Å². The Labute approximate surface area is 100 Å². The fourth-order valence-electron chi connectivity index (χ4n) is 1.42. The molecule has 1 fully saturated rings. The van der Waals surface area contributed by atoms with Crippen LogP contribution < -0.4 is 4.74 Å². The molecule has 1 saturated carbocycles. The van der Waals surface area contributed by atoms with Crippen LogP contribution in [0.3, 0.4) is 0 Å². The first kappa shape index (κ1) is 11.8. The Hall–Kier alpha value is -0.680. The van der Waals surface area contributed by atoms with Crippen molar-refractivity contribution in [3.05, 3.63) is 28.2 Å². The van der Waals surface area contributed by atoms with Gasteiger partial charge in [0.25, 0.3) is 0 Å². The first-order valence-corrected chi connectivity index (χ1v) is 5.74. The molecule has 0 aromatic heterocycles. The van der Waals surface area contributed by atoms with Crippen molar-refractivity contribution in [1.82, 2.24) is 0 Å². The van der Waals surface area contributed by atoms with Crippen LogP contribution in [0.5, 0.6) is 5.75 Å². The van der Waals surface area contributed by atoms with Crippen LogP contribution in [0.15, 0.2) is 16.6 Å². The van der Waals surface area contributed by atoms with Gasteiger partial charge >= 0.3 is 0 Å². The zero-order chi connectivity index (χ0) is 11.8. The van der Waals surface area contributed by atoms with E-state index in [0.717, 1.165) is 25.0 Å². The van der Waals surface area contributed by atoms with Gasteiger partial charge in [0.05, 0.1) is 13.2 Å². The van der Waals surface area contributed by atoms with Gasteiger partial charge in [-0.15, -0.1) is 0 Å². The number of halogens is 3. The summed E-state index contributed by atoms with van der Waals surface area (Å²) in [5.74, 6) is -1.84. The van der Waals surface area contributed by atoms with E-state index in [9.17, 15) is 8.78 Å². The standard InChI is InChI=1S/C11H11BrF2O2/c12-7-3-8(13)10(9(14)4-7)16-6-11(5-15)1-2-11/h3-4,15H,1-2,5-6H2. The topological polar surface area (TPSA) is 29.5 Å². The first-order valence-electron chi connectivity index (χ1n) is 4.94. The fourth-order valence-corrected chi connectivity index (χ4v) is 1.82. The smallest absolute Gasteiger partial charge is 0.190 e. The van der Waals surface area contributed by atoms with E-state index in [1.807, 2.05) is 0 Å². The van der Waals surface area contributed by atoms with Crippen LogP contribution in [-0.4, -0.2) is 18.3 Å². The molecule has 0 spiro atoms.